The molecular weight excluding hydrogens is 276 g/mol. The molecule has 5 nitrogen and oxygen atoms in total. The Bertz CT molecular complexity index is 503. The molecule has 1 rings (SSSR count). The summed E-state index contributed by atoms with van der Waals surface area (Å²) in [5.74, 6) is -0.447. The fourth-order valence-corrected chi connectivity index (χ4v) is 2.45. The van der Waals surface area contributed by atoms with Crippen molar-refractivity contribution in [3.8, 4) is 0 Å². The van der Waals surface area contributed by atoms with Crippen LogP contribution in [0.5, 0.6) is 0 Å². The number of hydrogen-bond donors (Lipinski definition) is 2. The lowest BCUT2D eigenvalue weighted by atomic mass is 10.2. The van der Waals surface area contributed by atoms with Gasteiger partial charge >= 0.3 is 0 Å². The monoisotopic (exact) mass is 292 g/mol. The third-order valence-electron chi connectivity index (χ3n) is 2.28. The largest absolute Gasteiger partial charge is 0.351 e. The number of halogens is 1. The number of sulfone groups is 1. The summed E-state index contributed by atoms with van der Waals surface area (Å²) in [4.78, 5) is 11.8. The third-order valence-corrected chi connectivity index (χ3v) is 4.06. The molecular formula is C11H17ClN2O3S. The Morgan fingerprint density at radius 2 is 1.94 bits per heavy atom. The number of amides is 1. The molecule has 0 heterocycles. The topological polar surface area (TPSA) is 89.3 Å². The zero-order valence-corrected chi connectivity index (χ0v) is 11.7. The van der Waals surface area contributed by atoms with Crippen molar-refractivity contribution in [2.45, 2.75) is 11.8 Å². The van der Waals surface area contributed by atoms with Crippen molar-refractivity contribution in [3.63, 3.8) is 0 Å². The fraction of sp³-hybridized carbons (Fsp3) is 0.364. The summed E-state index contributed by atoms with van der Waals surface area (Å²) in [7, 11) is -3.39. The van der Waals surface area contributed by atoms with Crippen molar-refractivity contribution in [1.29, 1.82) is 0 Å². The van der Waals surface area contributed by atoms with Crippen LogP contribution in [-0.2, 0) is 9.84 Å². The van der Waals surface area contributed by atoms with Crippen molar-refractivity contribution in [1.82, 2.24) is 5.32 Å². The van der Waals surface area contributed by atoms with E-state index in [2.05, 4.69) is 5.32 Å². The maximum absolute atomic E-state index is 11.8. The Hall–Kier alpha value is -1.11. The number of carbonyl (C=O) groups is 1. The van der Waals surface area contributed by atoms with E-state index in [1.165, 1.54) is 12.1 Å². The Kier molecular flexibility index (Phi) is 6.90. The van der Waals surface area contributed by atoms with Crippen LogP contribution in [0, 0.1) is 0 Å². The average molecular weight is 293 g/mol. The van der Waals surface area contributed by atoms with Crippen LogP contribution < -0.4 is 11.1 Å². The van der Waals surface area contributed by atoms with E-state index in [0.717, 1.165) is 0 Å². The molecule has 0 aromatic heterocycles. The molecule has 102 valence electrons. The molecule has 0 radical (unpaired) electrons. The second-order valence-corrected chi connectivity index (χ2v) is 5.69. The lowest BCUT2D eigenvalue weighted by Gasteiger charge is -2.09. The molecule has 0 saturated heterocycles. The molecule has 0 spiro atoms. The van der Waals surface area contributed by atoms with Gasteiger partial charge in [-0.2, -0.15) is 0 Å². The van der Waals surface area contributed by atoms with Crippen molar-refractivity contribution < 1.29 is 13.2 Å². The van der Waals surface area contributed by atoms with E-state index in [0.29, 0.717) is 13.1 Å². The van der Waals surface area contributed by atoms with Gasteiger partial charge in [0, 0.05) is 13.1 Å². The number of carbonyl (C=O) groups excluding carboxylic acids is 1. The molecule has 1 amide bonds. The fourth-order valence-electron chi connectivity index (χ4n) is 1.36. The quantitative estimate of drug-likeness (QED) is 0.831. The molecule has 0 bridgehead atoms. The lowest BCUT2D eigenvalue weighted by molar-refractivity contribution is 0.0951. The van der Waals surface area contributed by atoms with E-state index < -0.39 is 15.7 Å². The van der Waals surface area contributed by atoms with Crippen LogP contribution in [0.4, 0.5) is 0 Å². The van der Waals surface area contributed by atoms with Gasteiger partial charge in [-0.05, 0) is 12.1 Å². The van der Waals surface area contributed by atoms with Crippen LogP contribution in [0.3, 0.4) is 0 Å². The van der Waals surface area contributed by atoms with Crippen molar-refractivity contribution in [2.75, 3.05) is 18.8 Å². The molecule has 1 aromatic rings. The molecule has 3 N–H and O–H groups in total. The predicted molar refractivity (Wildman–Crippen MR) is 72.8 cm³/mol. The smallest absolute Gasteiger partial charge is 0.252 e. The molecule has 0 aliphatic carbocycles. The number of nitrogens with two attached hydrogens (primary N) is 1. The lowest BCUT2D eigenvalue weighted by Crippen LogP contribution is -2.30. The van der Waals surface area contributed by atoms with Crippen molar-refractivity contribution in [2.24, 2.45) is 5.73 Å². The van der Waals surface area contributed by atoms with Gasteiger partial charge in [0.25, 0.3) is 5.91 Å². The van der Waals surface area contributed by atoms with Crippen LogP contribution in [0.15, 0.2) is 29.2 Å². The van der Waals surface area contributed by atoms with Gasteiger partial charge in [-0.1, -0.05) is 19.1 Å². The highest BCUT2D eigenvalue weighted by atomic mass is 35.5. The number of nitrogens with one attached hydrogen (secondary N) is 1. The van der Waals surface area contributed by atoms with Gasteiger partial charge in [-0.25, -0.2) is 8.42 Å². The van der Waals surface area contributed by atoms with Crippen molar-refractivity contribution in [3.05, 3.63) is 29.8 Å². The average Bonchev–Trinajstić information content (AvgIpc) is 2.36. The van der Waals surface area contributed by atoms with Crippen LogP contribution in [0.2, 0.25) is 0 Å². The molecule has 18 heavy (non-hydrogen) atoms. The summed E-state index contributed by atoms with van der Waals surface area (Å²) in [5.41, 5.74) is 5.44. The van der Waals surface area contributed by atoms with Gasteiger partial charge in [-0.3, -0.25) is 4.79 Å². The summed E-state index contributed by atoms with van der Waals surface area (Å²) < 4.78 is 23.6. The van der Waals surface area contributed by atoms with E-state index in [4.69, 9.17) is 5.73 Å². The molecule has 0 aliphatic heterocycles. The number of rotatable bonds is 5. The molecule has 7 heteroatoms. The van der Waals surface area contributed by atoms with Crippen LogP contribution in [0.1, 0.15) is 17.3 Å². The first-order chi connectivity index (χ1) is 8.03. The van der Waals surface area contributed by atoms with E-state index in [1.807, 2.05) is 0 Å². The van der Waals surface area contributed by atoms with E-state index in [-0.39, 0.29) is 28.6 Å². The number of hydrogen-bond acceptors (Lipinski definition) is 4. The van der Waals surface area contributed by atoms with E-state index >= 15 is 0 Å². The summed E-state index contributed by atoms with van der Waals surface area (Å²) in [6.07, 6.45) is 0. The Labute approximate surface area is 113 Å². The first kappa shape index (κ1) is 16.9. The minimum Gasteiger partial charge on any atom is -0.351 e. The Morgan fingerprint density at radius 3 is 2.50 bits per heavy atom. The van der Waals surface area contributed by atoms with Gasteiger partial charge in [0.1, 0.15) is 0 Å². The predicted octanol–water partition coefficient (Wildman–Crippen LogP) is 0.591. The standard InChI is InChI=1S/C11H16N2O3S.ClH/c1-2-17(15,16)10-6-4-3-5-9(10)11(14)13-8-7-12;/h3-6H,2,7-8,12H2,1H3,(H,13,14);1H. The highest BCUT2D eigenvalue weighted by Crippen LogP contribution is 2.16. The molecule has 0 saturated carbocycles. The first-order valence-electron chi connectivity index (χ1n) is 5.33. The Morgan fingerprint density at radius 1 is 1.33 bits per heavy atom. The molecule has 0 atom stereocenters. The van der Waals surface area contributed by atoms with Gasteiger partial charge in [0.15, 0.2) is 9.84 Å². The van der Waals surface area contributed by atoms with E-state index in [9.17, 15) is 13.2 Å². The maximum Gasteiger partial charge on any atom is 0.252 e. The zero-order valence-electron chi connectivity index (χ0n) is 10.0. The van der Waals surface area contributed by atoms with Gasteiger partial charge in [-0.15, -0.1) is 12.4 Å². The second kappa shape index (κ2) is 7.35. The highest BCUT2D eigenvalue weighted by Gasteiger charge is 2.19. The molecule has 0 unspecified atom stereocenters. The summed E-state index contributed by atoms with van der Waals surface area (Å²) in [5, 5.41) is 2.56. The minimum atomic E-state index is -3.39. The van der Waals surface area contributed by atoms with Crippen molar-refractivity contribution >= 4 is 28.2 Å². The maximum atomic E-state index is 11.8. The first-order valence-corrected chi connectivity index (χ1v) is 6.98. The van der Waals surface area contributed by atoms with Crippen LogP contribution in [0.25, 0.3) is 0 Å². The Balaban J connectivity index is 0.00000289. The summed E-state index contributed by atoms with van der Waals surface area (Å²) >= 11 is 0. The van der Waals surface area contributed by atoms with Gasteiger partial charge < -0.3 is 11.1 Å². The normalized spacial score (nSPS) is 10.6. The van der Waals surface area contributed by atoms with Gasteiger partial charge in [0.05, 0.1) is 16.2 Å². The summed E-state index contributed by atoms with van der Waals surface area (Å²) in [6, 6.07) is 6.17. The highest BCUT2D eigenvalue weighted by molar-refractivity contribution is 7.91. The van der Waals surface area contributed by atoms with Gasteiger partial charge in [0.2, 0.25) is 0 Å². The SMILES string of the molecule is CCS(=O)(=O)c1ccccc1C(=O)NCCN.Cl. The molecule has 0 fully saturated rings. The minimum absolute atomic E-state index is 0. The van der Waals surface area contributed by atoms with Crippen LogP contribution in [-0.4, -0.2) is 33.2 Å². The zero-order chi connectivity index (χ0) is 12.9. The molecule has 0 aliphatic rings. The van der Waals surface area contributed by atoms with Crippen LogP contribution >= 0.6 is 12.4 Å². The van der Waals surface area contributed by atoms with E-state index in [1.54, 1.807) is 19.1 Å². The number of benzene rings is 1. The summed E-state index contributed by atoms with van der Waals surface area (Å²) in [6.45, 7) is 2.18. The molecule has 1 aromatic carbocycles. The second-order valence-electron chi connectivity index (χ2n) is 3.44. The third kappa shape index (κ3) is 3.97.